The van der Waals surface area contributed by atoms with Gasteiger partial charge in [0, 0.05) is 12.5 Å². The Labute approximate surface area is 177 Å². The standard InChI is InChI=1S/C23H39NO4Si/c1-23(2,3)29(4,5)28-15-7-6-9-18-13-12-17-10-8-11-19(17)20(18)21(25)24-14-16-27-22(24)26/h12-13,17-20H,6-11,14-16H2,1-5H3/t17-,18+,19+,20+/m0/s1. The van der Waals surface area contributed by atoms with Crippen LogP contribution in [0.2, 0.25) is 18.1 Å². The van der Waals surface area contributed by atoms with E-state index in [1.807, 2.05) is 0 Å². The Bertz CT molecular complexity index is 639. The van der Waals surface area contributed by atoms with Gasteiger partial charge in [-0.15, -0.1) is 0 Å². The topological polar surface area (TPSA) is 55.8 Å². The van der Waals surface area contributed by atoms with Crippen LogP contribution in [0.25, 0.3) is 0 Å². The lowest BCUT2D eigenvalue weighted by Crippen LogP contribution is -2.44. The zero-order valence-electron chi connectivity index (χ0n) is 18.9. The van der Waals surface area contributed by atoms with Crippen molar-refractivity contribution >= 4 is 20.3 Å². The molecule has 1 saturated carbocycles. The van der Waals surface area contributed by atoms with Gasteiger partial charge in [-0.3, -0.25) is 4.79 Å². The lowest BCUT2D eigenvalue weighted by atomic mass is 9.69. The van der Waals surface area contributed by atoms with Crippen molar-refractivity contribution in [3.63, 3.8) is 0 Å². The molecule has 1 heterocycles. The predicted octanol–water partition coefficient (Wildman–Crippen LogP) is 5.38. The van der Waals surface area contributed by atoms with Crippen molar-refractivity contribution in [2.75, 3.05) is 19.8 Å². The van der Waals surface area contributed by atoms with E-state index in [1.165, 1.54) is 17.7 Å². The molecule has 1 aliphatic heterocycles. The number of unbranched alkanes of at least 4 members (excludes halogenated alkanes) is 1. The normalized spacial score (nSPS) is 29.8. The maximum absolute atomic E-state index is 13.3. The molecular weight excluding hydrogens is 382 g/mol. The van der Waals surface area contributed by atoms with Gasteiger partial charge in [-0.25, -0.2) is 9.69 Å². The number of hydrogen-bond donors (Lipinski definition) is 0. The van der Waals surface area contributed by atoms with Gasteiger partial charge in [0.1, 0.15) is 6.61 Å². The minimum atomic E-state index is -1.70. The Hall–Kier alpha value is -1.14. The molecule has 4 atom stereocenters. The second-order valence-corrected chi connectivity index (χ2v) is 15.4. The number of cyclic esters (lactones) is 1. The molecule has 0 aromatic rings. The van der Waals surface area contributed by atoms with Gasteiger partial charge in [0.15, 0.2) is 8.32 Å². The number of rotatable bonds is 7. The summed E-state index contributed by atoms with van der Waals surface area (Å²) in [5.41, 5.74) is 0. The van der Waals surface area contributed by atoms with Crippen molar-refractivity contribution in [3.05, 3.63) is 12.2 Å². The zero-order chi connectivity index (χ0) is 21.2. The van der Waals surface area contributed by atoms with Crippen LogP contribution in [0.5, 0.6) is 0 Å². The van der Waals surface area contributed by atoms with E-state index in [-0.39, 0.29) is 22.8 Å². The van der Waals surface area contributed by atoms with E-state index >= 15 is 0 Å². The monoisotopic (exact) mass is 421 g/mol. The first-order valence-corrected chi connectivity index (χ1v) is 14.3. The van der Waals surface area contributed by atoms with Crippen LogP contribution in [-0.2, 0) is 14.0 Å². The number of hydrogen-bond acceptors (Lipinski definition) is 4. The third kappa shape index (κ3) is 4.96. The molecule has 0 unspecified atom stereocenters. The molecule has 0 bridgehead atoms. The highest BCUT2D eigenvalue weighted by molar-refractivity contribution is 6.74. The van der Waals surface area contributed by atoms with E-state index in [2.05, 4.69) is 46.0 Å². The fourth-order valence-electron chi connectivity index (χ4n) is 4.87. The van der Waals surface area contributed by atoms with Crippen molar-refractivity contribution < 1.29 is 18.8 Å². The average Bonchev–Trinajstić information content (AvgIpc) is 3.28. The van der Waals surface area contributed by atoms with E-state index in [4.69, 9.17) is 9.16 Å². The zero-order valence-corrected chi connectivity index (χ0v) is 19.9. The fraction of sp³-hybridized carbons (Fsp3) is 0.826. The summed E-state index contributed by atoms with van der Waals surface area (Å²) >= 11 is 0. The van der Waals surface area contributed by atoms with Gasteiger partial charge in [-0.2, -0.15) is 0 Å². The molecule has 2 aliphatic carbocycles. The Morgan fingerprint density at radius 2 is 2.00 bits per heavy atom. The van der Waals surface area contributed by atoms with Gasteiger partial charge in [0.2, 0.25) is 5.91 Å². The molecule has 29 heavy (non-hydrogen) atoms. The molecule has 5 nitrogen and oxygen atoms in total. The maximum Gasteiger partial charge on any atom is 0.416 e. The van der Waals surface area contributed by atoms with Gasteiger partial charge in [-0.05, 0) is 61.6 Å². The minimum absolute atomic E-state index is 0.00345. The third-order valence-electron chi connectivity index (χ3n) is 7.67. The molecule has 0 aromatic carbocycles. The number of allylic oxidation sites excluding steroid dienone is 2. The van der Waals surface area contributed by atoms with Crippen LogP contribution in [0.15, 0.2) is 12.2 Å². The number of nitrogens with zero attached hydrogens (tertiary/aromatic N) is 1. The molecule has 0 spiro atoms. The van der Waals surface area contributed by atoms with Gasteiger partial charge >= 0.3 is 6.09 Å². The molecule has 0 radical (unpaired) electrons. The molecule has 3 rings (SSSR count). The summed E-state index contributed by atoms with van der Waals surface area (Å²) < 4.78 is 11.3. The highest BCUT2D eigenvalue weighted by Gasteiger charge is 2.46. The number of carbonyl (C=O) groups excluding carboxylic acids is 2. The summed E-state index contributed by atoms with van der Waals surface area (Å²) in [6, 6.07) is 0. The van der Waals surface area contributed by atoms with Gasteiger partial charge in [0.25, 0.3) is 0 Å². The summed E-state index contributed by atoms with van der Waals surface area (Å²) in [7, 11) is -1.70. The van der Waals surface area contributed by atoms with E-state index < -0.39 is 14.4 Å². The molecule has 3 aliphatic rings. The molecule has 2 fully saturated rings. The second kappa shape index (κ2) is 8.92. The number of fused-ring (bicyclic) bond motifs is 1. The van der Waals surface area contributed by atoms with Crippen molar-refractivity contribution in [2.45, 2.75) is 77.4 Å². The lowest BCUT2D eigenvalue weighted by Gasteiger charge is -2.37. The summed E-state index contributed by atoms with van der Waals surface area (Å²) in [6.07, 6.45) is 10.7. The first kappa shape index (κ1) is 22.5. The van der Waals surface area contributed by atoms with Gasteiger partial charge in [-0.1, -0.05) is 45.8 Å². The summed E-state index contributed by atoms with van der Waals surface area (Å²) in [6.45, 7) is 12.9. The minimum Gasteiger partial charge on any atom is -0.447 e. The molecule has 2 amide bonds. The van der Waals surface area contributed by atoms with Crippen LogP contribution < -0.4 is 0 Å². The number of carbonyl (C=O) groups is 2. The molecule has 164 valence electrons. The van der Waals surface area contributed by atoms with E-state index in [9.17, 15) is 9.59 Å². The molecular formula is C23H39NO4Si. The Kier molecular flexibility index (Phi) is 6.94. The quantitative estimate of drug-likeness (QED) is 0.315. The van der Waals surface area contributed by atoms with E-state index in [0.29, 0.717) is 25.0 Å². The van der Waals surface area contributed by atoms with Crippen molar-refractivity contribution in [2.24, 2.45) is 23.7 Å². The van der Waals surface area contributed by atoms with Gasteiger partial charge < -0.3 is 9.16 Å². The van der Waals surface area contributed by atoms with Crippen molar-refractivity contribution in [3.8, 4) is 0 Å². The van der Waals surface area contributed by atoms with Gasteiger partial charge in [0.05, 0.1) is 6.54 Å². The van der Waals surface area contributed by atoms with Crippen LogP contribution in [-0.4, -0.2) is 45.0 Å². The largest absolute Gasteiger partial charge is 0.447 e. The number of imide groups is 1. The number of ether oxygens (including phenoxy) is 1. The average molecular weight is 422 g/mol. The van der Waals surface area contributed by atoms with Crippen molar-refractivity contribution in [1.82, 2.24) is 4.90 Å². The Morgan fingerprint density at radius 1 is 1.24 bits per heavy atom. The molecule has 6 heteroatoms. The lowest BCUT2D eigenvalue weighted by molar-refractivity contribution is -0.136. The molecule has 0 aromatic heterocycles. The van der Waals surface area contributed by atoms with Crippen LogP contribution in [0.3, 0.4) is 0 Å². The highest BCUT2D eigenvalue weighted by Crippen LogP contribution is 2.46. The first-order valence-electron chi connectivity index (χ1n) is 11.4. The molecule has 0 N–H and O–H groups in total. The predicted molar refractivity (Wildman–Crippen MR) is 117 cm³/mol. The summed E-state index contributed by atoms with van der Waals surface area (Å²) in [5, 5.41) is 0.235. The summed E-state index contributed by atoms with van der Waals surface area (Å²) in [4.78, 5) is 26.6. The molecule has 1 saturated heterocycles. The first-order chi connectivity index (χ1) is 13.6. The Balaban J connectivity index is 1.57. The third-order valence-corrected chi connectivity index (χ3v) is 12.2. The van der Waals surface area contributed by atoms with Crippen molar-refractivity contribution in [1.29, 1.82) is 0 Å². The maximum atomic E-state index is 13.3. The fourth-order valence-corrected chi connectivity index (χ4v) is 5.95. The SMILES string of the molecule is CC(C)(C)[Si](C)(C)OCCCC[C@@H]1C=C[C@@H]2CCC[C@H]2[C@@H]1C(=O)N1CCOC1=O. The Morgan fingerprint density at radius 3 is 2.66 bits per heavy atom. The van der Waals surface area contributed by atoms with Crippen LogP contribution in [0.1, 0.15) is 59.3 Å². The smallest absolute Gasteiger partial charge is 0.416 e. The van der Waals surface area contributed by atoms with E-state index in [0.717, 1.165) is 32.3 Å². The highest BCUT2D eigenvalue weighted by atomic mass is 28.4. The van der Waals surface area contributed by atoms with Crippen LogP contribution in [0, 0.1) is 23.7 Å². The summed E-state index contributed by atoms with van der Waals surface area (Å²) in [5.74, 6) is 1.04. The number of amides is 2. The van der Waals surface area contributed by atoms with Crippen LogP contribution in [0.4, 0.5) is 4.79 Å². The van der Waals surface area contributed by atoms with Crippen LogP contribution >= 0.6 is 0 Å². The second-order valence-electron chi connectivity index (χ2n) is 10.5. The van der Waals surface area contributed by atoms with E-state index in [1.54, 1.807) is 0 Å².